The van der Waals surface area contributed by atoms with Crippen LogP contribution in [0.5, 0.6) is 0 Å². The van der Waals surface area contributed by atoms with E-state index in [0.29, 0.717) is 49.8 Å². The number of aliphatic hydroxyl groups excluding tert-OH is 2. The first kappa shape index (κ1) is 44.2. The number of Topliss-reactive ketones (excluding diaryl/α,β-unsaturated/α-hetero) is 1. The molecule has 3 fully saturated rings. The molecule has 310 valence electrons. The Bertz CT molecular complexity index is 2000. The minimum atomic E-state index is -1.33. The van der Waals surface area contributed by atoms with Crippen LogP contribution in [0.15, 0.2) is 97.1 Å². The number of aliphatic hydroxyl groups is 2. The van der Waals surface area contributed by atoms with Crippen molar-refractivity contribution in [3.05, 3.63) is 134 Å². The average Bonchev–Trinajstić information content (AvgIpc) is 3.43. The van der Waals surface area contributed by atoms with Gasteiger partial charge < -0.3 is 20.3 Å². The Hall–Kier alpha value is -3.41. The number of rotatable bonds is 12. The van der Waals surface area contributed by atoms with E-state index in [1.54, 1.807) is 36.4 Å². The Labute approximate surface area is 354 Å². The number of amides is 1. The van der Waals surface area contributed by atoms with E-state index >= 15 is 8.78 Å². The monoisotopic (exact) mass is 854 g/mol. The number of nitrogens with one attached hydrogen (secondary N) is 1. The van der Waals surface area contributed by atoms with Crippen molar-refractivity contribution in [2.75, 3.05) is 31.9 Å². The second-order valence-corrected chi connectivity index (χ2v) is 17.8. The average molecular weight is 856 g/mol. The Morgan fingerprint density at radius 2 is 1.52 bits per heavy atom. The highest BCUT2D eigenvalue weighted by Crippen LogP contribution is 2.72. The molecule has 0 bridgehead atoms. The first-order valence-corrected chi connectivity index (χ1v) is 20.8. The van der Waals surface area contributed by atoms with E-state index in [-0.39, 0.29) is 31.3 Å². The number of halogens is 5. The maximum absolute atomic E-state index is 15.0. The number of hydrogen-bond acceptors (Lipinski definition) is 6. The Morgan fingerprint density at radius 3 is 2.03 bits per heavy atom. The van der Waals surface area contributed by atoms with Gasteiger partial charge in [-0.05, 0) is 91.1 Å². The molecule has 4 aromatic rings. The summed E-state index contributed by atoms with van der Waals surface area (Å²) in [4.78, 5) is 28.4. The minimum Gasteiger partial charge on any atom is -0.394 e. The van der Waals surface area contributed by atoms with Crippen molar-refractivity contribution in [1.82, 2.24) is 4.90 Å². The molecule has 7 atom stereocenters. The van der Waals surface area contributed by atoms with Crippen LogP contribution in [0, 0.1) is 11.3 Å². The maximum Gasteiger partial charge on any atom is 0.211 e. The van der Waals surface area contributed by atoms with Crippen molar-refractivity contribution in [3.8, 4) is 0 Å². The summed E-state index contributed by atoms with van der Waals surface area (Å²) in [5, 5.41) is 24.9. The molecule has 5 unspecified atom stereocenters. The standard InChI is InChI=1S/C39H37Cl3F2N2O3.C7H14O2/c1-24(48)34-33(27-15-29(41)17-30(42)16-27)37(2,31-14-13-28(40)18-32(31)45-23-47)39(19-38(20-39,21-43)22-44)46(34)35(25-9-5-3-6-10-25)36(49)26-11-7-4-8-12-26;1-6-2-3-7(4-8)9-5-6/h3-18,23,33-36,49H,19-22H2,1-2H3,(H,45,47);6-8H,2-5H2,1H3/t33?,34-,35?,36?,37?;6?,7-/m00/s1. The third-order valence-corrected chi connectivity index (χ3v) is 13.4. The molecule has 12 heteroatoms. The largest absolute Gasteiger partial charge is 0.394 e. The van der Waals surface area contributed by atoms with Crippen LogP contribution in [0.1, 0.15) is 86.8 Å². The van der Waals surface area contributed by atoms with E-state index in [1.807, 2.05) is 72.5 Å². The van der Waals surface area contributed by atoms with Crippen LogP contribution in [-0.4, -0.2) is 71.6 Å². The van der Waals surface area contributed by atoms with Crippen LogP contribution in [0.4, 0.5) is 14.5 Å². The molecule has 1 spiro atoms. The van der Waals surface area contributed by atoms with Crippen molar-refractivity contribution in [1.29, 1.82) is 0 Å². The molecule has 4 aromatic carbocycles. The lowest BCUT2D eigenvalue weighted by Gasteiger charge is -2.64. The lowest BCUT2D eigenvalue weighted by atomic mass is 9.45. The summed E-state index contributed by atoms with van der Waals surface area (Å²) in [6, 6.07) is 27.0. The molecule has 3 N–H and O–H groups in total. The van der Waals surface area contributed by atoms with Crippen molar-refractivity contribution < 1.29 is 33.3 Å². The Balaban J connectivity index is 0.000000557. The van der Waals surface area contributed by atoms with Gasteiger partial charge in [0.25, 0.3) is 0 Å². The number of benzene rings is 4. The van der Waals surface area contributed by atoms with Gasteiger partial charge in [0.15, 0.2) is 0 Å². The first-order chi connectivity index (χ1) is 27.8. The Morgan fingerprint density at radius 1 is 0.914 bits per heavy atom. The number of likely N-dealkylation sites (tertiary alicyclic amines) is 1. The van der Waals surface area contributed by atoms with Gasteiger partial charge in [0.05, 0.1) is 44.2 Å². The molecule has 1 aliphatic carbocycles. The van der Waals surface area contributed by atoms with E-state index in [1.165, 1.54) is 13.3 Å². The van der Waals surface area contributed by atoms with Gasteiger partial charge in [0.1, 0.15) is 5.78 Å². The highest BCUT2D eigenvalue weighted by molar-refractivity contribution is 6.34. The van der Waals surface area contributed by atoms with E-state index in [0.717, 1.165) is 18.6 Å². The fourth-order valence-electron chi connectivity index (χ4n) is 10.0. The smallest absolute Gasteiger partial charge is 0.211 e. The molecule has 2 saturated heterocycles. The maximum atomic E-state index is 15.0. The van der Waals surface area contributed by atoms with Crippen LogP contribution in [0.2, 0.25) is 15.1 Å². The molecule has 2 aliphatic heterocycles. The summed E-state index contributed by atoms with van der Waals surface area (Å²) in [6.45, 7) is 4.83. The minimum absolute atomic E-state index is 0.0199. The van der Waals surface area contributed by atoms with Gasteiger partial charge in [-0.15, -0.1) is 0 Å². The molecule has 0 radical (unpaired) electrons. The SMILES string of the molecule is CC(=O)[C@H]1C(c2cc(Cl)cc(Cl)c2)C(C)(c2ccc(Cl)cc2NC=O)C2(CC(CF)(CF)C2)N1C(c1ccccc1)C(O)c1ccccc1.CC1CC[C@@H](CO)OC1. The fraction of sp³-hybridized carbons (Fsp3) is 0.435. The third-order valence-electron chi connectivity index (χ3n) is 12.7. The van der Waals surface area contributed by atoms with E-state index in [4.69, 9.17) is 44.6 Å². The van der Waals surface area contributed by atoms with Gasteiger partial charge in [0, 0.05) is 49.6 Å². The zero-order valence-corrected chi connectivity index (χ0v) is 35.2. The second-order valence-electron chi connectivity index (χ2n) is 16.5. The molecule has 1 amide bonds. The van der Waals surface area contributed by atoms with Crippen LogP contribution >= 0.6 is 34.8 Å². The van der Waals surface area contributed by atoms with Gasteiger partial charge >= 0.3 is 0 Å². The van der Waals surface area contributed by atoms with Crippen LogP contribution in [-0.2, 0) is 19.7 Å². The zero-order chi connectivity index (χ0) is 41.8. The predicted octanol–water partition coefficient (Wildman–Crippen LogP) is 10.3. The number of alkyl halides is 2. The molecule has 2 heterocycles. The number of ketones is 1. The van der Waals surface area contributed by atoms with E-state index in [2.05, 4.69) is 12.2 Å². The van der Waals surface area contributed by atoms with E-state index in [9.17, 15) is 14.7 Å². The lowest BCUT2D eigenvalue weighted by molar-refractivity contribution is -0.157. The molecule has 7 nitrogen and oxygen atoms in total. The number of hydrogen-bond donors (Lipinski definition) is 3. The third kappa shape index (κ3) is 8.33. The second kappa shape index (κ2) is 18.5. The predicted molar refractivity (Wildman–Crippen MR) is 226 cm³/mol. The summed E-state index contributed by atoms with van der Waals surface area (Å²) in [5.74, 6) is -0.254. The quantitative estimate of drug-likeness (QED) is 0.123. The number of nitrogens with zero attached hydrogens (tertiary/aromatic N) is 1. The normalized spacial score (nSPS) is 25.8. The lowest BCUT2D eigenvalue weighted by Crippen LogP contribution is -2.70. The van der Waals surface area contributed by atoms with Crippen molar-refractivity contribution in [2.45, 2.75) is 87.6 Å². The molecule has 0 aromatic heterocycles. The summed E-state index contributed by atoms with van der Waals surface area (Å²) in [5.41, 5.74) is -0.651. The summed E-state index contributed by atoms with van der Waals surface area (Å²) in [7, 11) is 0. The summed E-state index contributed by atoms with van der Waals surface area (Å²) in [6.07, 6.45) is 1.78. The highest BCUT2D eigenvalue weighted by atomic mass is 35.5. The van der Waals surface area contributed by atoms with Gasteiger partial charge in [-0.1, -0.05) is 115 Å². The molecule has 7 rings (SSSR count). The van der Waals surface area contributed by atoms with Crippen molar-refractivity contribution >= 4 is 52.7 Å². The number of carbonyl (C=O) groups excluding carboxylic acids is 2. The molecule has 3 aliphatic rings. The van der Waals surface area contributed by atoms with Crippen molar-refractivity contribution in [2.24, 2.45) is 11.3 Å². The first-order valence-electron chi connectivity index (χ1n) is 19.7. The number of carbonyl (C=O) groups is 2. The summed E-state index contributed by atoms with van der Waals surface area (Å²) < 4.78 is 35.3. The van der Waals surface area contributed by atoms with Gasteiger partial charge in [-0.2, -0.15) is 0 Å². The fourth-order valence-corrected chi connectivity index (χ4v) is 10.7. The highest BCUT2D eigenvalue weighted by Gasteiger charge is 2.76. The van der Waals surface area contributed by atoms with Gasteiger partial charge in [0.2, 0.25) is 6.41 Å². The van der Waals surface area contributed by atoms with Crippen LogP contribution in [0.3, 0.4) is 0 Å². The number of anilines is 1. The zero-order valence-electron chi connectivity index (χ0n) is 32.9. The Kier molecular flexibility index (Phi) is 14.1. The molecule has 1 saturated carbocycles. The topological polar surface area (TPSA) is 99.1 Å². The van der Waals surface area contributed by atoms with Gasteiger partial charge in [-0.3, -0.25) is 23.3 Å². The van der Waals surface area contributed by atoms with Crippen LogP contribution in [0.25, 0.3) is 0 Å². The molecular formula is C46H51Cl3F2N2O5. The molecular weight excluding hydrogens is 805 g/mol. The number of ether oxygens (including phenoxy) is 1. The van der Waals surface area contributed by atoms with Crippen LogP contribution < -0.4 is 5.32 Å². The summed E-state index contributed by atoms with van der Waals surface area (Å²) >= 11 is 19.7. The van der Waals surface area contributed by atoms with Crippen molar-refractivity contribution in [3.63, 3.8) is 0 Å². The molecule has 58 heavy (non-hydrogen) atoms. The van der Waals surface area contributed by atoms with Gasteiger partial charge in [-0.25, -0.2) is 0 Å². The van der Waals surface area contributed by atoms with E-state index < -0.39 is 53.8 Å².